The summed E-state index contributed by atoms with van der Waals surface area (Å²) in [5, 5.41) is 16.6. The molecule has 0 radical (unpaired) electrons. The third-order valence-electron chi connectivity index (χ3n) is 2.41. The monoisotopic (exact) mass is 291 g/mol. The first-order valence-corrected chi connectivity index (χ1v) is 6.87. The van der Waals surface area contributed by atoms with Crippen LogP contribution >= 0.6 is 11.8 Å². The lowest BCUT2D eigenvalue weighted by Gasteiger charge is -2.08. The quantitative estimate of drug-likeness (QED) is 0.486. The molecule has 1 unspecified atom stereocenters. The molecule has 0 aliphatic heterocycles. The Morgan fingerprint density at radius 3 is 2.85 bits per heavy atom. The maximum absolute atomic E-state index is 11.8. The van der Waals surface area contributed by atoms with Gasteiger partial charge in [-0.2, -0.15) is 5.26 Å². The SMILES string of the molecule is CSc1ncccc1C(=O)OCC(=O)C(C#N)C(C)=N. The zero-order valence-electron chi connectivity index (χ0n) is 11.0. The summed E-state index contributed by atoms with van der Waals surface area (Å²) in [6.45, 7) is 0.830. The number of esters is 1. The highest BCUT2D eigenvalue weighted by Crippen LogP contribution is 2.17. The number of nitrogens with one attached hydrogen (secondary N) is 1. The summed E-state index contributed by atoms with van der Waals surface area (Å²) in [6, 6.07) is 4.85. The second kappa shape index (κ2) is 7.40. The number of hydrogen-bond donors (Lipinski definition) is 1. The van der Waals surface area contributed by atoms with Crippen molar-refractivity contribution in [1.82, 2.24) is 4.98 Å². The molecule has 7 heteroatoms. The normalized spacial score (nSPS) is 11.2. The molecular formula is C13H13N3O3S. The molecule has 0 spiro atoms. The van der Waals surface area contributed by atoms with Crippen LogP contribution in [0.3, 0.4) is 0 Å². The number of thioether (sulfide) groups is 1. The van der Waals surface area contributed by atoms with Crippen molar-refractivity contribution in [2.45, 2.75) is 11.9 Å². The van der Waals surface area contributed by atoms with Crippen molar-refractivity contribution in [3.05, 3.63) is 23.9 Å². The number of Topliss-reactive ketones (excluding diaryl/α,β-unsaturated/α-hetero) is 1. The Labute approximate surface area is 120 Å². The molecule has 0 aliphatic rings. The number of aromatic nitrogens is 1. The van der Waals surface area contributed by atoms with Crippen LogP contribution in [0.15, 0.2) is 23.4 Å². The molecule has 0 aromatic carbocycles. The number of rotatable bonds is 6. The van der Waals surface area contributed by atoms with E-state index in [4.69, 9.17) is 15.4 Å². The third kappa shape index (κ3) is 3.90. The zero-order chi connectivity index (χ0) is 15.1. The Hall–Kier alpha value is -2.20. The first-order chi connectivity index (χ1) is 9.51. The average molecular weight is 291 g/mol. The van der Waals surface area contributed by atoms with Crippen LogP contribution in [-0.2, 0) is 9.53 Å². The molecule has 0 saturated heterocycles. The van der Waals surface area contributed by atoms with Gasteiger partial charge < -0.3 is 10.1 Å². The molecular weight excluding hydrogens is 278 g/mol. The molecule has 20 heavy (non-hydrogen) atoms. The van der Waals surface area contributed by atoms with E-state index in [9.17, 15) is 9.59 Å². The van der Waals surface area contributed by atoms with Crippen molar-refractivity contribution < 1.29 is 14.3 Å². The summed E-state index contributed by atoms with van der Waals surface area (Å²) in [5.41, 5.74) is 0.201. The second-order valence-electron chi connectivity index (χ2n) is 3.85. The van der Waals surface area contributed by atoms with Crippen LogP contribution in [0, 0.1) is 22.7 Å². The van der Waals surface area contributed by atoms with Gasteiger partial charge in [-0.05, 0) is 25.3 Å². The van der Waals surface area contributed by atoms with Crippen molar-refractivity contribution in [1.29, 1.82) is 10.7 Å². The summed E-state index contributed by atoms with van der Waals surface area (Å²) in [6.07, 6.45) is 3.33. The van der Waals surface area contributed by atoms with E-state index < -0.39 is 24.3 Å². The van der Waals surface area contributed by atoms with Crippen LogP contribution in [0.2, 0.25) is 0 Å². The molecule has 0 amide bonds. The predicted molar refractivity (Wildman–Crippen MR) is 73.8 cm³/mol. The van der Waals surface area contributed by atoms with Gasteiger partial charge in [0.15, 0.2) is 12.4 Å². The second-order valence-corrected chi connectivity index (χ2v) is 4.64. The summed E-state index contributed by atoms with van der Waals surface area (Å²) in [5.74, 6) is -2.45. The van der Waals surface area contributed by atoms with E-state index in [0.717, 1.165) is 0 Å². The Balaban J connectivity index is 2.71. The number of nitrogens with zero attached hydrogens (tertiary/aromatic N) is 2. The molecule has 0 aliphatic carbocycles. The fourth-order valence-corrected chi connectivity index (χ4v) is 1.95. The minimum Gasteiger partial charge on any atom is -0.454 e. The van der Waals surface area contributed by atoms with E-state index in [1.165, 1.54) is 18.7 Å². The van der Waals surface area contributed by atoms with Gasteiger partial charge in [0.1, 0.15) is 10.9 Å². The van der Waals surface area contributed by atoms with E-state index in [1.807, 2.05) is 0 Å². The number of carbonyl (C=O) groups is 2. The van der Waals surface area contributed by atoms with Gasteiger partial charge in [-0.25, -0.2) is 9.78 Å². The maximum Gasteiger partial charge on any atom is 0.341 e. The average Bonchev–Trinajstić information content (AvgIpc) is 2.45. The van der Waals surface area contributed by atoms with Crippen LogP contribution in [0.25, 0.3) is 0 Å². The van der Waals surface area contributed by atoms with E-state index in [0.29, 0.717) is 5.03 Å². The highest BCUT2D eigenvalue weighted by Gasteiger charge is 2.22. The van der Waals surface area contributed by atoms with Crippen molar-refractivity contribution in [2.75, 3.05) is 12.9 Å². The lowest BCUT2D eigenvalue weighted by atomic mass is 10.0. The molecule has 104 valence electrons. The van der Waals surface area contributed by atoms with Crippen LogP contribution < -0.4 is 0 Å². The molecule has 1 rings (SSSR count). The Morgan fingerprint density at radius 2 is 2.30 bits per heavy atom. The third-order valence-corrected chi connectivity index (χ3v) is 3.13. The lowest BCUT2D eigenvalue weighted by molar-refractivity contribution is -0.122. The first-order valence-electron chi connectivity index (χ1n) is 5.64. The highest BCUT2D eigenvalue weighted by molar-refractivity contribution is 7.98. The number of nitriles is 1. The standard InChI is InChI=1S/C13H13N3O3S/c1-8(15)10(6-14)11(17)7-19-13(18)9-4-3-5-16-12(9)20-2/h3-5,10,15H,7H2,1-2H3. The maximum atomic E-state index is 11.8. The van der Waals surface area contributed by atoms with Crippen molar-refractivity contribution >= 4 is 29.2 Å². The Bertz CT molecular complexity index is 580. The Morgan fingerprint density at radius 1 is 1.60 bits per heavy atom. The van der Waals surface area contributed by atoms with Gasteiger partial charge in [0, 0.05) is 11.9 Å². The zero-order valence-corrected chi connectivity index (χ0v) is 11.9. The topological polar surface area (TPSA) is 104 Å². The van der Waals surface area contributed by atoms with Crippen LogP contribution in [0.4, 0.5) is 0 Å². The molecule has 1 aromatic rings. The highest BCUT2D eigenvalue weighted by atomic mass is 32.2. The lowest BCUT2D eigenvalue weighted by Crippen LogP contribution is -2.25. The van der Waals surface area contributed by atoms with E-state index in [-0.39, 0.29) is 11.3 Å². The molecule has 1 aromatic heterocycles. The van der Waals surface area contributed by atoms with Crippen LogP contribution in [-0.4, -0.2) is 35.3 Å². The van der Waals surface area contributed by atoms with E-state index in [1.54, 1.807) is 30.7 Å². The first kappa shape index (κ1) is 15.9. The number of hydrogen-bond acceptors (Lipinski definition) is 7. The summed E-state index contributed by atoms with van der Waals surface area (Å²) >= 11 is 1.29. The summed E-state index contributed by atoms with van der Waals surface area (Å²) < 4.78 is 4.88. The fraction of sp³-hybridized carbons (Fsp3) is 0.308. The molecule has 6 nitrogen and oxygen atoms in total. The van der Waals surface area contributed by atoms with Gasteiger partial charge in [-0.15, -0.1) is 11.8 Å². The van der Waals surface area contributed by atoms with Crippen molar-refractivity contribution in [2.24, 2.45) is 5.92 Å². The largest absolute Gasteiger partial charge is 0.454 e. The molecule has 0 fully saturated rings. The Kier molecular flexibility index (Phi) is 5.87. The van der Waals surface area contributed by atoms with E-state index >= 15 is 0 Å². The summed E-state index contributed by atoms with van der Waals surface area (Å²) in [4.78, 5) is 27.5. The molecule has 0 saturated carbocycles. The predicted octanol–water partition coefficient (Wildman–Crippen LogP) is 1.71. The van der Waals surface area contributed by atoms with Gasteiger partial charge in [0.05, 0.1) is 11.6 Å². The minimum atomic E-state index is -1.17. The molecule has 1 N–H and O–H groups in total. The number of ether oxygens (including phenoxy) is 1. The van der Waals surface area contributed by atoms with Gasteiger partial charge in [0.25, 0.3) is 0 Å². The van der Waals surface area contributed by atoms with Gasteiger partial charge in [0.2, 0.25) is 0 Å². The number of carbonyl (C=O) groups excluding carboxylic acids is 2. The fourth-order valence-electron chi connectivity index (χ4n) is 1.42. The van der Waals surface area contributed by atoms with Gasteiger partial charge in [-0.1, -0.05) is 0 Å². The molecule has 1 atom stereocenters. The summed E-state index contributed by atoms with van der Waals surface area (Å²) in [7, 11) is 0. The van der Waals surface area contributed by atoms with Crippen LogP contribution in [0.5, 0.6) is 0 Å². The number of pyridine rings is 1. The van der Waals surface area contributed by atoms with E-state index in [2.05, 4.69) is 4.98 Å². The number of ketones is 1. The molecule has 0 bridgehead atoms. The van der Waals surface area contributed by atoms with Gasteiger partial charge >= 0.3 is 5.97 Å². The van der Waals surface area contributed by atoms with Crippen molar-refractivity contribution in [3.8, 4) is 6.07 Å². The molecule has 1 heterocycles. The van der Waals surface area contributed by atoms with Crippen LogP contribution in [0.1, 0.15) is 17.3 Å². The van der Waals surface area contributed by atoms with Gasteiger partial charge in [-0.3, -0.25) is 4.79 Å². The smallest absolute Gasteiger partial charge is 0.341 e. The van der Waals surface area contributed by atoms with Crippen molar-refractivity contribution in [3.63, 3.8) is 0 Å². The minimum absolute atomic E-state index is 0.0697.